The minimum Gasteiger partial charge on any atom is -0.328 e. The third kappa shape index (κ3) is 2.05. The molecule has 0 radical (unpaired) electrons. The summed E-state index contributed by atoms with van der Waals surface area (Å²) in [7, 11) is 0. The van der Waals surface area contributed by atoms with Gasteiger partial charge in [-0.2, -0.15) is 0 Å². The second-order valence-electron chi connectivity index (χ2n) is 2.38. The molecule has 1 aromatic rings. The van der Waals surface area contributed by atoms with E-state index >= 15 is 0 Å². The maximum Gasteiger partial charge on any atom is 0.265 e. The van der Waals surface area contributed by atoms with Crippen LogP contribution in [-0.4, -0.2) is 4.98 Å². The van der Waals surface area contributed by atoms with Crippen LogP contribution >= 0.6 is 22.6 Å². The van der Waals surface area contributed by atoms with Gasteiger partial charge < -0.3 is 10.7 Å². The molecule has 0 bridgehead atoms. The lowest BCUT2D eigenvalue weighted by atomic mass is 10.1. The van der Waals surface area contributed by atoms with Crippen molar-refractivity contribution in [3.8, 4) is 0 Å². The molecule has 0 atom stereocenters. The maximum atomic E-state index is 12.4. The van der Waals surface area contributed by atoms with Crippen LogP contribution in [-0.2, 0) is 6.54 Å². The van der Waals surface area contributed by atoms with Crippen LogP contribution in [0.25, 0.3) is 0 Å². The number of nitrogens with one attached hydrogen (secondary N) is 1. The van der Waals surface area contributed by atoms with E-state index in [1.54, 1.807) is 22.6 Å². The van der Waals surface area contributed by atoms with Crippen LogP contribution in [0, 0.1) is 3.57 Å². The molecular weight excluding hydrogens is 293 g/mol. The van der Waals surface area contributed by atoms with Crippen molar-refractivity contribution in [2.24, 2.45) is 5.73 Å². The highest BCUT2D eigenvalue weighted by Gasteiger charge is 2.18. The molecule has 0 fully saturated rings. The van der Waals surface area contributed by atoms with Gasteiger partial charge in [-0.3, -0.25) is 4.79 Å². The van der Waals surface area contributed by atoms with E-state index in [1.165, 1.54) is 6.20 Å². The fraction of sp³-hybridized carbons (Fsp3) is 0.286. The predicted octanol–water partition coefficient (Wildman–Crippen LogP) is 1.38. The van der Waals surface area contributed by atoms with Crippen LogP contribution < -0.4 is 11.3 Å². The minimum absolute atomic E-state index is 0.00749. The number of H-pyrrole nitrogens is 1. The Morgan fingerprint density at radius 1 is 1.62 bits per heavy atom. The Bertz CT molecular complexity index is 364. The molecule has 0 unspecified atom stereocenters. The summed E-state index contributed by atoms with van der Waals surface area (Å²) in [6, 6.07) is 0. The van der Waals surface area contributed by atoms with Gasteiger partial charge in [-0.25, -0.2) is 8.78 Å². The van der Waals surface area contributed by atoms with Crippen molar-refractivity contribution in [2.75, 3.05) is 0 Å². The highest BCUT2D eigenvalue weighted by molar-refractivity contribution is 14.1. The molecule has 13 heavy (non-hydrogen) atoms. The molecule has 1 rings (SSSR count). The summed E-state index contributed by atoms with van der Waals surface area (Å²) in [4.78, 5) is 13.3. The Labute approximate surface area is 86.5 Å². The number of halogens is 3. The number of aromatic nitrogens is 1. The van der Waals surface area contributed by atoms with Crippen molar-refractivity contribution in [3.05, 3.63) is 31.2 Å². The zero-order valence-corrected chi connectivity index (χ0v) is 8.64. The van der Waals surface area contributed by atoms with Crippen molar-refractivity contribution >= 4 is 22.6 Å². The van der Waals surface area contributed by atoms with Gasteiger partial charge in [0.05, 0.1) is 3.57 Å². The number of pyridine rings is 1. The van der Waals surface area contributed by atoms with Gasteiger partial charge in [-0.15, -0.1) is 0 Å². The second-order valence-corrected chi connectivity index (χ2v) is 3.45. The molecule has 0 amide bonds. The summed E-state index contributed by atoms with van der Waals surface area (Å²) in [6.45, 7) is -0.00749. The molecule has 0 aliphatic rings. The Balaban J connectivity index is 3.41. The van der Waals surface area contributed by atoms with Gasteiger partial charge >= 0.3 is 0 Å². The zero-order chi connectivity index (χ0) is 10.0. The lowest BCUT2D eigenvalue weighted by Gasteiger charge is -2.07. The first-order valence-electron chi connectivity index (χ1n) is 3.46. The van der Waals surface area contributed by atoms with E-state index in [-0.39, 0.29) is 21.2 Å². The van der Waals surface area contributed by atoms with Gasteiger partial charge in [0, 0.05) is 18.3 Å². The van der Waals surface area contributed by atoms with Gasteiger partial charge in [0.2, 0.25) is 0 Å². The number of nitrogens with two attached hydrogens (primary N) is 1. The SMILES string of the molecule is NCc1c[nH]c(=O)c(I)c1C(F)F. The summed E-state index contributed by atoms with van der Waals surface area (Å²) >= 11 is 1.59. The van der Waals surface area contributed by atoms with E-state index in [0.717, 1.165) is 0 Å². The monoisotopic (exact) mass is 300 g/mol. The van der Waals surface area contributed by atoms with Crippen LogP contribution in [0.15, 0.2) is 11.0 Å². The minimum atomic E-state index is -2.66. The largest absolute Gasteiger partial charge is 0.328 e. The molecule has 0 aliphatic carbocycles. The Hall–Kier alpha value is -0.500. The fourth-order valence-corrected chi connectivity index (χ4v) is 1.70. The molecule has 0 aromatic carbocycles. The zero-order valence-electron chi connectivity index (χ0n) is 6.48. The number of hydrogen-bond acceptors (Lipinski definition) is 2. The van der Waals surface area contributed by atoms with Crippen molar-refractivity contribution in [1.29, 1.82) is 0 Å². The van der Waals surface area contributed by atoms with Gasteiger partial charge in [0.25, 0.3) is 12.0 Å². The third-order valence-corrected chi connectivity index (χ3v) is 2.67. The molecule has 72 valence electrons. The van der Waals surface area contributed by atoms with Gasteiger partial charge in [-0.05, 0) is 28.2 Å². The highest BCUT2D eigenvalue weighted by Crippen LogP contribution is 2.24. The lowest BCUT2D eigenvalue weighted by molar-refractivity contribution is 0.149. The van der Waals surface area contributed by atoms with Crippen LogP contribution in [0.3, 0.4) is 0 Å². The van der Waals surface area contributed by atoms with Gasteiger partial charge in [0.1, 0.15) is 0 Å². The maximum absolute atomic E-state index is 12.4. The first-order chi connectivity index (χ1) is 6.07. The Morgan fingerprint density at radius 2 is 2.23 bits per heavy atom. The van der Waals surface area contributed by atoms with Crippen LogP contribution in [0.5, 0.6) is 0 Å². The fourth-order valence-electron chi connectivity index (χ4n) is 0.962. The van der Waals surface area contributed by atoms with Gasteiger partial charge in [-0.1, -0.05) is 0 Å². The van der Waals surface area contributed by atoms with Crippen molar-refractivity contribution in [2.45, 2.75) is 13.0 Å². The molecule has 1 heterocycles. The van der Waals surface area contributed by atoms with E-state index in [4.69, 9.17) is 5.73 Å². The molecular formula is C7H7F2IN2O. The van der Waals surface area contributed by atoms with Crippen LogP contribution in [0.2, 0.25) is 0 Å². The van der Waals surface area contributed by atoms with E-state index in [9.17, 15) is 13.6 Å². The molecule has 0 aliphatic heterocycles. The van der Waals surface area contributed by atoms with E-state index in [0.29, 0.717) is 0 Å². The van der Waals surface area contributed by atoms with Crippen LogP contribution in [0.4, 0.5) is 8.78 Å². The van der Waals surface area contributed by atoms with E-state index in [2.05, 4.69) is 4.98 Å². The molecule has 0 saturated heterocycles. The summed E-state index contributed by atoms with van der Waals surface area (Å²) < 4.78 is 24.9. The normalized spacial score (nSPS) is 10.8. The topological polar surface area (TPSA) is 58.9 Å². The third-order valence-electron chi connectivity index (χ3n) is 1.60. The van der Waals surface area contributed by atoms with Crippen molar-refractivity contribution in [1.82, 2.24) is 4.98 Å². The summed E-state index contributed by atoms with van der Waals surface area (Å²) in [5.74, 6) is 0. The number of rotatable bonds is 2. The predicted molar refractivity (Wildman–Crippen MR) is 52.6 cm³/mol. The number of hydrogen-bond donors (Lipinski definition) is 2. The van der Waals surface area contributed by atoms with Crippen molar-refractivity contribution < 1.29 is 8.78 Å². The van der Waals surface area contributed by atoms with E-state index < -0.39 is 12.0 Å². The number of alkyl halides is 2. The average molecular weight is 300 g/mol. The molecule has 6 heteroatoms. The molecule has 3 N–H and O–H groups in total. The Kier molecular flexibility index (Phi) is 3.37. The van der Waals surface area contributed by atoms with Gasteiger partial charge in [0.15, 0.2) is 0 Å². The second kappa shape index (κ2) is 4.14. The standard InChI is InChI=1S/C7H7F2IN2O/c8-6(9)4-3(1-11)2-12-7(13)5(4)10/h2,6H,1,11H2,(H,12,13). The number of aromatic amines is 1. The molecule has 0 spiro atoms. The molecule has 1 aromatic heterocycles. The quantitative estimate of drug-likeness (QED) is 0.811. The van der Waals surface area contributed by atoms with E-state index in [1.807, 2.05) is 0 Å². The average Bonchev–Trinajstić information content (AvgIpc) is 2.08. The molecule has 3 nitrogen and oxygen atoms in total. The summed E-state index contributed by atoms with van der Waals surface area (Å²) in [5.41, 5.74) is 4.76. The lowest BCUT2D eigenvalue weighted by Crippen LogP contribution is -2.16. The smallest absolute Gasteiger partial charge is 0.265 e. The first-order valence-corrected chi connectivity index (χ1v) is 4.54. The van der Waals surface area contributed by atoms with Crippen LogP contribution in [0.1, 0.15) is 17.6 Å². The highest BCUT2D eigenvalue weighted by atomic mass is 127. The Morgan fingerprint density at radius 3 is 2.69 bits per heavy atom. The first kappa shape index (κ1) is 10.6. The summed E-state index contributed by atoms with van der Waals surface area (Å²) in [5, 5.41) is 0. The summed E-state index contributed by atoms with van der Waals surface area (Å²) in [6.07, 6.45) is -1.43. The van der Waals surface area contributed by atoms with Crippen molar-refractivity contribution in [3.63, 3.8) is 0 Å². The molecule has 0 saturated carbocycles.